The van der Waals surface area contributed by atoms with Crippen LogP contribution in [0.3, 0.4) is 0 Å². The van der Waals surface area contributed by atoms with Gasteiger partial charge in [0.05, 0.1) is 15.9 Å². The summed E-state index contributed by atoms with van der Waals surface area (Å²) in [7, 11) is 0. The molecule has 4 rings (SSSR count). The highest BCUT2D eigenvalue weighted by molar-refractivity contribution is 7.22. The van der Waals surface area contributed by atoms with E-state index in [4.69, 9.17) is 0 Å². The highest BCUT2D eigenvalue weighted by Gasteiger charge is 2.34. The molecule has 1 aliphatic heterocycles. The zero-order chi connectivity index (χ0) is 22.9. The number of nitro benzene ring substituents is 1. The van der Waals surface area contributed by atoms with Crippen LogP contribution in [0.5, 0.6) is 0 Å². The summed E-state index contributed by atoms with van der Waals surface area (Å²) in [5.74, 6) is 0. The van der Waals surface area contributed by atoms with Gasteiger partial charge < -0.3 is 4.90 Å². The second-order valence-electron chi connectivity index (χ2n) is 7.49. The van der Waals surface area contributed by atoms with Crippen LogP contribution in [0.25, 0.3) is 10.1 Å². The second kappa shape index (κ2) is 8.83. The Bertz CT molecular complexity index is 1190. The molecule has 3 aromatic rings. The predicted octanol–water partition coefficient (Wildman–Crippen LogP) is 3.95. The van der Waals surface area contributed by atoms with Crippen LogP contribution >= 0.6 is 11.3 Å². The fourth-order valence-corrected chi connectivity index (χ4v) is 4.79. The zero-order valence-electron chi connectivity index (χ0n) is 16.8. The maximum absolute atomic E-state index is 13.1. The lowest BCUT2D eigenvalue weighted by Gasteiger charge is -2.34. The van der Waals surface area contributed by atoms with Crippen molar-refractivity contribution in [1.29, 1.82) is 0 Å². The first-order valence-electron chi connectivity index (χ1n) is 9.94. The molecule has 0 saturated carbocycles. The van der Waals surface area contributed by atoms with Gasteiger partial charge in [0.25, 0.3) is 11.2 Å². The van der Waals surface area contributed by atoms with E-state index in [1.165, 1.54) is 5.56 Å². The summed E-state index contributed by atoms with van der Waals surface area (Å²) >= 11 is 0.881. The maximum Gasteiger partial charge on any atom is 0.416 e. The van der Waals surface area contributed by atoms with Crippen LogP contribution in [0.1, 0.15) is 11.1 Å². The van der Waals surface area contributed by atoms with Gasteiger partial charge in [0.2, 0.25) is 0 Å². The normalized spacial score (nSPS) is 15.3. The van der Waals surface area contributed by atoms with Gasteiger partial charge in [-0.15, -0.1) is 0 Å². The summed E-state index contributed by atoms with van der Waals surface area (Å²) < 4.78 is 39.2. The molecule has 0 N–H and O–H groups in total. The number of alkyl halides is 3. The Balaban J connectivity index is 1.54. The standard InChI is InChI=1S/C21H19F3N4O3S/c22-21(23,24)15-12-16-18(17(13-15)28(30)31)32-20(25-19(16)29)27-10-8-26(9-11-27)7-6-14-4-2-1-3-5-14/h1-5,12-13H,6-11H2. The van der Waals surface area contributed by atoms with Crippen molar-refractivity contribution < 1.29 is 18.1 Å². The average Bonchev–Trinajstić information content (AvgIpc) is 2.77. The van der Waals surface area contributed by atoms with E-state index in [9.17, 15) is 28.1 Å². The molecule has 32 heavy (non-hydrogen) atoms. The van der Waals surface area contributed by atoms with E-state index in [2.05, 4.69) is 22.0 Å². The Kier molecular flexibility index (Phi) is 6.11. The van der Waals surface area contributed by atoms with Crippen LogP contribution in [0, 0.1) is 10.1 Å². The Morgan fingerprint density at radius 3 is 2.41 bits per heavy atom. The fourth-order valence-electron chi connectivity index (χ4n) is 3.67. The monoisotopic (exact) mass is 464 g/mol. The minimum Gasteiger partial charge on any atom is -0.345 e. The van der Waals surface area contributed by atoms with Crippen LogP contribution in [0.15, 0.2) is 47.3 Å². The van der Waals surface area contributed by atoms with Gasteiger partial charge in [-0.3, -0.25) is 19.8 Å². The topological polar surface area (TPSA) is 79.6 Å². The molecule has 0 radical (unpaired) electrons. The lowest BCUT2D eigenvalue weighted by atomic mass is 10.1. The van der Waals surface area contributed by atoms with Gasteiger partial charge in [-0.25, -0.2) is 0 Å². The Morgan fingerprint density at radius 1 is 1.09 bits per heavy atom. The second-order valence-corrected chi connectivity index (χ2v) is 8.47. The number of nitrogens with zero attached hydrogens (tertiary/aromatic N) is 4. The number of hydrogen-bond donors (Lipinski definition) is 0. The van der Waals surface area contributed by atoms with Gasteiger partial charge >= 0.3 is 6.18 Å². The summed E-state index contributed by atoms with van der Waals surface area (Å²) in [4.78, 5) is 31.1. The van der Waals surface area contributed by atoms with Gasteiger partial charge in [-0.1, -0.05) is 41.7 Å². The van der Waals surface area contributed by atoms with E-state index >= 15 is 0 Å². The number of aromatic nitrogens is 1. The molecule has 2 aromatic carbocycles. The van der Waals surface area contributed by atoms with Crippen molar-refractivity contribution in [2.45, 2.75) is 12.6 Å². The maximum atomic E-state index is 13.1. The zero-order valence-corrected chi connectivity index (χ0v) is 17.7. The smallest absolute Gasteiger partial charge is 0.345 e. The van der Waals surface area contributed by atoms with Crippen molar-refractivity contribution in [1.82, 2.24) is 9.88 Å². The first kappa shape index (κ1) is 22.2. The molecule has 1 aromatic heterocycles. The molecular formula is C21H19F3N4O3S. The largest absolute Gasteiger partial charge is 0.416 e. The van der Waals surface area contributed by atoms with Gasteiger partial charge in [-0.05, 0) is 18.1 Å². The highest BCUT2D eigenvalue weighted by Crippen LogP contribution is 2.38. The van der Waals surface area contributed by atoms with Gasteiger partial charge in [0.1, 0.15) is 4.70 Å². The van der Waals surface area contributed by atoms with E-state index in [-0.39, 0.29) is 15.2 Å². The van der Waals surface area contributed by atoms with Crippen LogP contribution in [0.2, 0.25) is 0 Å². The number of piperazine rings is 1. The molecule has 0 atom stereocenters. The molecular weight excluding hydrogens is 445 g/mol. The van der Waals surface area contributed by atoms with Gasteiger partial charge in [0, 0.05) is 38.8 Å². The van der Waals surface area contributed by atoms with Gasteiger partial charge in [-0.2, -0.15) is 18.2 Å². The number of nitro groups is 1. The number of fused-ring (bicyclic) bond motifs is 1. The first-order chi connectivity index (χ1) is 15.2. The molecule has 1 fully saturated rings. The Hall–Kier alpha value is -3.05. The quantitative estimate of drug-likeness (QED) is 0.420. The van der Waals surface area contributed by atoms with Crippen molar-refractivity contribution >= 4 is 32.2 Å². The van der Waals surface area contributed by atoms with Crippen LogP contribution in [-0.4, -0.2) is 47.5 Å². The third-order valence-corrected chi connectivity index (χ3v) is 6.58. The summed E-state index contributed by atoms with van der Waals surface area (Å²) in [6, 6.07) is 11.2. The number of rotatable bonds is 5. The SMILES string of the molecule is O=c1nc(N2CCN(CCc3ccccc3)CC2)sc2c([N+](=O)[O-])cc(C(F)(F)F)cc12. The summed E-state index contributed by atoms with van der Waals surface area (Å²) in [6.45, 7) is 3.46. The number of benzene rings is 2. The number of anilines is 1. The van der Waals surface area contributed by atoms with Crippen LogP contribution in [0.4, 0.5) is 24.0 Å². The van der Waals surface area contributed by atoms with E-state index < -0.39 is 27.9 Å². The Morgan fingerprint density at radius 2 is 1.78 bits per heavy atom. The minimum absolute atomic E-state index is 0.0930. The molecule has 1 aliphatic rings. The average molecular weight is 464 g/mol. The van der Waals surface area contributed by atoms with E-state index in [1.807, 2.05) is 23.1 Å². The predicted molar refractivity (Wildman–Crippen MR) is 116 cm³/mol. The van der Waals surface area contributed by atoms with Crippen molar-refractivity contribution in [3.8, 4) is 0 Å². The molecule has 2 heterocycles. The summed E-state index contributed by atoms with van der Waals surface area (Å²) in [6.07, 6.45) is -3.89. The van der Waals surface area contributed by atoms with E-state index in [0.717, 1.165) is 37.4 Å². The van der Waals surface area contributed by atoms with E-state index in [1.54, 1.807) is 0 Å². The molecule has 168 valence electrons. The molecule has 1 saturated heterocycles. The Labute approximate surface area is 184 Å². The highest BCUT2D eigenvalue weighted by atomic mass is 32.1. The first-order valence-corrected chi connectivity index (χ1v) is 10.8. The van der Waals surface area contributed by atoms with Crippen LogP contribution in [-0.2, 0) is 12.6 Å². The molecule has 0 aliphatic carbocycles. The van der Waals surface area contributed by atoms with Crippen molar-refractivity contribution in [3.63, 3.8) is 0 Å². The third-order valence-electron chi connectivity index (χ3n) is 5.42. The third kappa shape index (κ3) is 4.73. The van der Waals surface area contributed by atoms with Crippen molar-refractivity contribution in [2.75, 3.05) is 37.6 Å². The van der Waals surface area contributed by atoms with Gasteiger partial charge in [0.15, 0.2) is 5.13 Å². The molecule has 0 spiro atoms. The molecule has 0 amide bonds. The van der Waals surface area contributed by atoms with E-state index in [0.29, 0.717) is 25.2 Å². The lowest BCUT2D eigenvalue weighted by Crippen LogP contribution is -2.47. The van der Waals surface area contributed by atoms with Crippen molar-refractivity contribution in [2.24, 2.45) is 0 Å². The lowest BCUT2D eigenvalue weighted by molar-refractivity contribution is -0.383. The van der Waals surface area contributed by atoms with Crippen LogP contribution < -0.4 is 10.5 Å². The van der Waals surface area contributed by atoms with Crippen molar-refractivity contribution in [3.05, 3.63) is 74.1 Å². The molecule has 11 heteroatoms. The molecule has 0 bridgehead atoms. The number of non-ortho nitro benzene ring substituents is 1. The minimum atomic E-state index is -4.80. The molecule has 0 unspecified atom stereocenters. The summed E-state index contributed by atoms with van der Waals surface area (Å²) in [5.41, 5.74) is -1.62. The number of halogens is 3. The summed E-state index contributed by atoms with van der Waals surface area (Å²) in [5, 5.41) is 11.3. The molecule has 7 nitrogen and oxygen atoms in total. The fraction of sp³-hybridized carbons (Fsp3) is 0.333. The number of hydrogen-bond acceptors (Lipinski definition) is 7.